The number of hydrogen-bond donors (Lipinski definition) is 2. The number of β-amino-alcohol motifs (C(OH)–C–C–N with tert-alkyl or cyclic N) is 1. The summed E-state index contributed by atoms with van der Waals surface area (Å²) in [5.74, 6) is 0.632. The van der Waals surface area contributed by atoms with Crippen LogP contribution in [0.25, 0.3) is 10.6 Å². The van der Waals surface area contributed by atoms with Crippen LogP contribution in [0.2, 0.25) is 10.0 Å². The van der Waals surface area contributed by atoms with Crippen molar-refractivity contribution in [2.24, 2.45) is 7.05 Å². The SMILES string of the molecule is Cn1nc(-c2ccc(S(=O)(=O)NC[C@H](O)CN3CCC(Oc4ccc(Cl)c(Cl)c4)CC3)s2)cc1C(F)(F)F. The van der Waals surface area contributed by atoms with Gasteiger partial charge in [-0.05, 0) is 43.2 Å². The highest BCUT2D eigenvalue weighted by Crippen LogP contribution is 2.35. The van der Waals surface area contributed by atoms with Crippen LogP contribution < -0.4 is 9.46 Å². The minimum Gasteiger partial charge on any atom is -0.490 e. The lowest BCUT2D eigenvalue weighted by Crippen LogP contribution is -2.44. The average molecular weight is 614 g/mol. The van der Waals surface area contributed by atoms with Gasteiger partial charge in [-0.15, -0.1) is 11.3 Å². The highest BCUT2D eigenvalue weighted by molar-refractivity contribution is 7.91. The van der Waals surface area contributed by atoms with Gasteiger partial charge < -0.3 is 14.7 Å². The number of thiophene rings is 1. The van der Waals surface area contributed by atoms with Crippen molar-refractivity contribution in [3.63, 3.8) is 0 Å². The van der Waals surface area contributed by atoms with Gasteiger partial charge >= 0.3 is 6.18 Å². The van der Waals surface area contributed by atoms with E-state index in [1.165, 1.54) is 19.2 Å². The summed E-state index contributed by atoms with van der Waals surface area (Å²) in [6, 6.07) is 8.67. The Hall–Kier alpha value is -1.87. The van der Waals surface area contributed by atoms with E-state index in [0.29, 0.717) is 33.6 Å². The Kier molecular flexibility index (Phi) is 8.97. The molecule has 1 atom stereocenters. The van der Waals surface area contributed by atoms with Gasteiger partial charge in [0.2, 0.25) is 10.0 Å². The predicted molar refractivity (Wildman–Crippen MR) is 139 cm³/mol. The summed E-state index contributed by atoms with van der Waals surface area (Å²) in [6.07, 6.45) is -4.10. The van der Waals surface area contributed by atoms with Crippen LogP contribution in [0.1, 0.15) is 18.5 Å². The monoisotopic (exact) mass is 612 g/mol. The lowest BCUT2D eigenvalue weighted by molar-refractivity contribution is -0.143. The maximum atomic E-state index is 13.0. The molecule has 1 aliphatic rings. The van der Waals surface area contributed by atoms with E-state index in [9.17, 15) is 26.7 Å². The maximum absolute atomic E-state index is 13.0. The first kappa shape index (κ1) is 29.1. The van der Waals surface area contributed by atoms with E-state index < -0.39 is 28.0 Å². The molecule has 4 rings (SSSR count). The molecule has 0 bridgehead atoms. The summed E-state index contributed by atoms with van der Waals surface area (Å²) in [4.78, 5) is 2.30. The van der Waals surface area contributed by atoms with Gasteiger partial charge in [0.25, 0.3) is 0 Å². The molecule has 2 N–H and O–H groups in total. The number of aromatic nitrogens is 2. The van der Waals surface area contributed by atoms with E-state index in [0.717, 1.165) is 30.2 Å². The zero-order valence-electron chi connectivity index (χ0n) is 20.1. The fourth-order valence-corrected chi connectivity index (χ4v) is 6.71. The molecule has 1 saturated heterocycles. The van der Waals surface area contributed by atoms with Crippen molar-refractivity contribution in [1.29, 1.82) is 0 Å². The van der Waals surface area contributed by atoms with Gasteiger partial charge in [0.1, 0.15) is 27.5 Å². The smallest absolute Gasteiger partial charge is 0.433 e. The third-order valence-electron chi connectivity index (χ3n) is 5.98. The lowest BCUT2D eigenvalue weighted by Gasteiger charge is -2.33. The molecule has 0 spiro atoms. The fraction of sp³-hybridized carbons (Fsp3) is 0.435. The van der Waals surface area contributed by atoms with Crippen molar-refractivity contribution in [3.8, 4) is 16.3 Å². The molecule has 0 saturated carbocycles. The molecule has 208 valence electrons. The number of ether oxygens (including phenoxy) is 1. The minimum atomic E-state index is -4.57. The van der Waals surface area contributed by atoms with Gasteiger partial charge in [-0.3, -0.25) is 4.68 Å². The second-order valence-electron chi connectivity index (χ2n) is 8.85. The lowest BCUT2D eigenvalue weighted by atomic mass is 10.1. The number of aliphatic hydroxyl groups excluding tert-OH is 1. The first-order valence-corrected chi connectivity index (χ1v) is 14.6. The van der Waals surface area contributed by atoms with E-state index in [4.69, 9.17) is 27.9 Å². The van der Waals surface area contributed by atoms with Gasteiger partial charge in [0.05, 0.1) is 21.0 Å². The van der Waals surface area contributed by atoms with Crippen LogP contribution in [0, 0.1) is 0 Å². The van der Waals surface area contributed by atoms with E-state index >= 15 is 0 Å². The van der Waals surface area contributed by atoms with Gasteiger partial charge in [-0.2, -0.15) is 18.3 Å². The van der Waals surface area contributed by atoms with Crippen LogP contribution in [0.4, 0.5) is 13.2 Å². The summed E-state index contributed by atoms with van der Waals surface area (Å²) in [5.41, 5.74) is -0.908. The molecule has 1 aliphatic heterocycles. The second-order valence-corrected chi connectivity index (χ2v) is 12.7. The third kappa shape index (κ3) is 7.20. The standard InChI is InChI=1S/C23H25Cl2F3N4O4S2/c1-31-21(23(26,27)28)11-19(30-31)20-4-5-22(37-20)38(34,35)29-12-14(33)13-32-8-6-15(7-9-32)36-16-2-3-17(24)18(25)10-16/h2-5,10-11,14-15,29,33H,6-9,12-13H2,1H3/t14-/m0/s1. The summed E-state index contributed by atoms with van der Waals surface area (Å²) in [6.45, 7) is 1.38. The summed E-state index contributed by atoms with van der Waals surface area (Å²) < 4.78 is 73.5. The molecule has 8 nitrogen and oxygen atoms in total. The third-order valence-corrected chi connectivity index (χ3v) is 9.74. The molecule has 0 unspecified atom stereocenters. The highest BCUT2D eigenvalue weighted by atomic mass is 35.5. The number of sulfonamides is 1. The number of halogens is 5. The molecule has 0 radical (unpaired) electrons. The van der Waals surface area contributed by atoms with Crippen LogP contribution in [0.3, 0.4) is 0 Å². The van der Waals surface area contributed by atoms with Gasteiger partial charge in [-0.25, -0.2) is 13.1 Å². The Labute approximate surface area is 232 Å². The molecule has 3 heterocycles. The first-order chi connectivity index (χ1) is 17.8. The van der Waals surface area contributed by atoms with Crippen LogP contribution in [-0.2, 0) is 23.2 Å². The Bertz CT molecular complexity index is 1370. The van der Waals surface area contributed by atoms with E-state index in [1.807, 2.05) is 4.90 Å². The number of alkyl halides is 3. The number of benzene rings is 1. The highest BCUT2D eigenvalue weighted by Gasteiger charge is 2.35. The Balaban J connectivity index is 1.26. The van der Waals surface area contributed by atoms with Crippen molar-refractivity contribution in [2.75, 3.05) is 26.2 Å². The average Bonchev–Trinajstić information content (AvgIpc) is 3.49. The normalized spacial score (nSPS) is 16.6. The number of piperidine rings is 1. The molecule has 1 fully saturated rings. The van der Waals surface area contributed by atoms with Crippen molar-refractivity contribution in [3.05, 3.63) is 52.1 Å². The number of hydrogen-bond acceptors (Lipinski definition) is 7. The van der Waals surface area contributed by atoms with E-state index in [2.05, 4.69) is 9.82 Å². The molecule has 2 aromatic heterocycles. The zero-order valence-corrected chi connectivity index (χ0v) is 23.2. The first-order valence-electron chi connectivity index (χ1n) is 11.5. The predicted octanol–water partition coefficient (Wildman–Crippen LogP) is 4.66. The quantitative estimate of drug-likeness (QED) is 0.365. The van der Waals surface area contributed by atoms with Gasteiger partial charge in [0.15, 0.2) is 0 Å². The maximum Gasteiger partial charge on any atom is 0.433 e. The molecule has 0 aliphatic carbocycles. The Morgan fingerprint density at radius 1 is 1.18 bits per heavy atom. The molecule has 1 aromatic carbocycles. The van der Waals surface area contributed by atoms with E-state index in [-0.39, 0.29) is 34.0 Å². The van der Waals surface area contributed by atoms with Crippen molar-refractivity contribution >= 4 is 44.6 Å². The Morgan fingerprint density at radius 3 is 2.53 bits per heavy atom. The van der Waals surface area contributed by atoms with Crippen molar-refractivity contribution in [1.82, 2.24) is 19.4 Å². The Morgan fingerprint density at radius 2 is 1.89 bits per heavy atom. The van der Waals surface area contributed by atoms with Crippen LogP contribution in [0.5, 0.6) is 5.75 Å². The molecular weight excluding hydrogens is 588 g/mol. The fourth-order valence-electron chi connectivity index (χ4n) is 4.05. The molecule has 3 aromatic rings. The topological polar surface area (TPSA) is 96.7 Å². The van der Waals surface area contributed by atoms with Crippen molar-refractivity contribution in [2.45, 2.75) is 35.4 Å². The van der Waals surface area contributed by atoms with Gasteiger partial charge in [-0.1, -0.05) is 23.2 Å². The number of nitrogens with zero attached hydrogens (tertiary/aromatic N) is 3. The van der Waals surface area contributed by atoms with Crippen LogP contribution >= 0.6 is 34.5 Å². The summed E-state index contributed by atoms with van der Waals surface area (Å²) in [5, 5.41) is 15.1. The van der Waals surface area contributed by atoms with Gasteiger partial charge in [0, 0.05) is 39.3 Å². The minimum absolute atomic E-state index is 0.0153. The number of likely N-dealkylation sites (tertiary alicyclic amines) is 1. The zero-order chi connectivity index (χ0) is 27.7. The molecule has 38 heavy (non-hydrogen) atoms. The summed E-state index contributed by atoms with van der Waals surface area (Å²) in [7, 11) is -2.80. The molecule has 15 heteroatoms. The molecular formula is C23H25Cl2F3N4O4S2. The number of aryl methyl sites for hydroxylation is 1. The van der Waals surface area contributed by atoms with Crippen LogP contribution in [-0.4, -0.2) is 66.6 Å². The van der Waals surface area contributed by atoms with E-state index in [1.54, 1.807) is 18.2 Å². The molecule has 0 amide bonds. The number of rotatable bonds is 9. The summed E-state index contributed by atoms with van der Waals surface area (Å²) >= 11 is 12.8. The number of aliphatic hydroxyl groups is 1. The van der Waals surface area contributed by atoms with Crippen LogP contribution in [0.15, 0.2) is 40.6 Å². The van der Waals surface area contributed by atoms with Crippen molar-refractivity contribution < 1.29 is 31.4 Å². The number of nitrogens with one attached hydrogen (secondary N) is 1. The second kappa shape index (κ2) is 11.7. The largest absolute Gasteiger partial charge is 0.490 e.